The van der Waals surface area contributed by atoms with Crippen LogP contribution in [0.25, 0.3) is 0 Å². The Morgan fingerprint density at radius 2 is 1.65 bits per heavy atom. The minimum Gasteiger partial charge on any atom is -0.496 e. The van der Waals surface area contributed by atoms with Gasteiger partial charge >= 0.3 is 6.18 Å². The van der Waals surface area contributed by atoms with E-state index in [1.165, 1.54) is 43.5 Å². The number of benzene rings is 2. The average Bonchev–Trinajstić information content (AvgIpc) is 2.53. The third kappa shape index (κ3) is 2.99. The van der Waals surface area contributed by atoms with Crippen LogP contribution in [0.4, 0.5) is 18.9 Å². The molecular weight excluding hydrogens is 307 g/mol. The van der Waals surface area contributed by atoms with Crippen molar-refractivity contribution in [2.24, 2.45) is 0 Å². The molecular formula is C17H18F3NO2. The Morgan fingerprint density at radius 1 is 1.00 bits per heavy atom. The molecule has 6 heteroatoms. The van der Waals surface area contributed by atoms with Gasteiger partial charge in [-0.05, 0) is 23.8 Å². The van der Waals surface area contributed by atoms with Gasteiger partial charge in [0.1, 0.15) is 5.75 Å². The van der Waals surface area contributed by atoms with Gasteiger partial charge in [-0.25, -0.2) is 0 Å². The second kappa shape index (κ2) is 6.12. The van der Waals surface area contributed by atoms with Gasteiger partial charge in [-0.1, -0.05) is 30.3 Å². The van der Waals surface area contributed by atoms with Gasteiger partial charge in [0.25, 0.3) is 0 Å². The van der Waals surface area contributed by atoms with Gasteiger partial charge in [0.05, 0.1) is 7.11 Å². The molecule has 0 spiro atoms. The molecule has 1 unspecified atom stereocenters. The molecule has 0 aromatic heterocycles. The van der Waals surface area contributed by atoms with E-state index < -0.39 is 11.8 Å². The van der Waals surface area contributed by atoms with E-state index in [0.717, 1.165) is 0 Å². The summed E-state index contributed by atoms with van der Waals surface area (Å²) >= 11 is 0. The zero-order valence-electron chi connectivity index (χ0n) is 13.1. The van der Waals surface area contributed by atoms with Gasteiger partial charge in [-0.2, -0.15) is 13.2 Å². The quantitative estimate of drug-likeness (QED) is 0.933. The lowest BCUT2D eigenvalue weighted by molar-refractivity contribution is -0.248. The first-order valence-electron chi connectivity index (χ1n) is 6.92. The minimum absolute atomic E-state index is 0.0254. The van der Waals surface area contributed by atoms with E-state index >= 15 is 0 Å². The van der Waals surface area contributed by atoms with E-state index in [1.807, 2.05) is 0 Å². The summed E-state index contributed by atoms with van der Waals surface area (Å²) < 4.78 is 46.4. The van der Waals surface area contributed by atoms with E-state index in [1.54, 1.807) is 31.1 Å². The number of anilines is 1. The molecule has 0 saturated heterocycles. The third-order valence-corrected chi connectivity index (χ3v) is 3.69. The molecule has 124 valence electrons. The lowest BCUT2D eigenvalue weighted by atomic mass is 9.84. The summed E-state index contributed by atoms with van der Waals surface area (Å²) in [6, 6.07) is 11.3. The van der Waals surface area contributed by atoms with Crippen molar-refractivity contribution in [1.82, 2.24) is 0 Å². The van der Waals surface area contributed by atoms with Crippen LogP contribution in [-0.2, 0) is 5.60 Å². The molecule has 0 aliphatic rings. The Bertz CT molecular complexity index is 686. The molecule has 3 nitrogen and oxygen atoms in total. The second-order valence-electron chi connectivity index (χ2n) is 5.35. The molecule has 2 aromatic carbocycles. The number of hydrogen-bond donors (Lipinski definition) is 1. The SMILES string of the molecule is COc1ccccc1C(O)(c1cccc(N(C)C)c1)C(F)(F)F. The zero-order valence-corrected chi connectivity index (χ0v) is 13.1. The van der Waals surface area contributed by atoms with Crippen molar-refractivity contribution in [2.45, 2.75) is 11.8 Å². The van der Waals surface area contributed by atoms with Gasteiger partial charge in [-0.15, -0.1) is 0 Å². The van der Waals surface area contributed by atoms with Crippen molar-refractivity contribution >= 4 is 5.69 Å². The molecule has 0 radical (unpaired) electrons. The van der Waals surface area contributed by atoms with Crippen LogP contribution in [0.3, 0.4) is 0 Å². The summed E-state index contributed by atoms with van der Waals surface area (Å²) in [6.07, 6.45) is -4.91. The maximum atomic E-state index is 13.8. The fraction of sp³-hybridized carbons (Fsp3) is 0.294. The predicted molar refractivity (Wildman–Crippen MR) is 82.8 cm³/mol. The fourth-order valence-corrected chi connectivity index (χ4v) is 2.42. The maximum absolute atomic E-state index is 13.8. The number of ether oxygens (including phenoxy) is 1. The van der Waals surface area contributed by atoms with Gasteiger partial charge < -0.3 is 14.7 Å². The van der Waals surface area contributed by atoms with Crippen LogP contribution in [-0.4, -0.2) is 32.5 Å². The summed E-state index contributed by atoms with van der Waals surface area (Å²) in [5.41, 5.74) is -3.21. The van der Waals surface area contributed by atoms with E-state index in [2.05, 4.69) is 0 Å². The lowest BCUT2D eigenvalue weighted by Gasteiger charge is -2.33. The van der Waals surface area contributed by atoms with Gasteiger partial charge in [-0.3, -0.25) is 0 Å². The smallest absolute Gasteiger partial charge is 0.425 e. The fourth-order valence-electron chi connectivity index (χ4n) is 2.42. The third-order valence-electron chi connectivity index (χ3n) is 3.69. The number of rotatable bonds is 4. The molecule has 0 aliphatic carbocycles. The Kier molecular flexibility index (Phi) is 4.56. The monoisotopic (exact) mass is 325 g/mol. The van der Waals surface area contributed by atoms with Crippen LogP contribution in [0, 0.1) is 0 Å². The van der Waals surface area contributed by atoms with E-state index in [0.29, 0.717) is 5.69 Å². The maximum Gasteiger partial charge on any atom is 0.425 e. The van der Waals surface area contributed by atoms with Gasteiger partial charge in [0.2, 0.25) is 5.60 Å². The topological polar surface area (TPSA) is 32.7 Å². The molecule has 2 rings (SSSR count). The van der Waals surface area contributed by atoms with Crippen molar-refractivity contribution in [3.8, 4) is 5.75 Å². The standard InChI is InChI=1S/C17H18F3NO2/c1-21(2)13-8-6-7-12(11-13)16(22,17(18,19)20)14-9-4-5-10-15(14)23-3/h4-11,22H,1-3H3. The molecule has 0 bridgehead atoms. The second-order valence-corrected chi connectivity index (χ2v) is 5.35. The summed E-state index contributed by atoms with van der Waals surface area (Å²) in [5.74, 6) is -0.0254. The molecule has 1 atom stereocenters. The minimum atomic E-state index is -4.91. The highest BCUT2D eigenvalue weighted by Crippen LogP contribution is 2.47. The number of para-hydroxylation sites is 1. The highest BCUT2D eigenvalue weighted by Gasteiger charge is 2.57. The number of methoxy groups -OCH3 is 1. The number of hydrogen-bond acceptors (Lipinski definition) is 3. The van der Waals surface area contributed by atoms with Crippen LogP contribution in [0.5, 0.6) is 5.75 Å². The van der Waals surface area contributed by atoms with Crippen LogP contribution >= 0.6 is 0 Å². The van der Waals surface area contributed by atoms with Crippen molar-refractivity contribution in [3.05, 3.63) is 59.7 Å². The molecule has 1 N–H and O–H groups in total. The van der Waals surface area contributed by atoms with Crippen LogP contribution in [0.1, 0.15) is 11.1 Å². The zero-order chi connectivity index (χ0) is 17.3. The van der Waals surface area contributed by atoms with E-state index in [4.69, 9.17) is 4.74 Å². The summed E-state index contributed by atoms with van der Waals surface area (Å²) in [5, 5.41) is 10.7. The van der Waals surface area contributed by atoms with Crippen molar-refractivity contribution in [3.63, 3.8) is 0 Å². The Labute approximate surface area is 132 Å². The number of alkyl halides is 3. The molecule has 0 fully saturated rings. The lowest BCUT2D eigenvalue weighted by Crippen LogP contribution is -2.43. The van der Waals surface area contributed by atoms with Crippen molar-refractivity contribution in [1.29, 1.82) is 0 Å². The van der Waals surface area contributed by atoms with Crippen molar-refractivity contribution in [2.75, 3.05) is 26.1 Å². The number of nitrogens with zero attached hydrogens (tertiary/aromatic N) is 1. The highest BCUT2D eigenvalue weighted by molar-refractivity contribution is 5.53. The van der Waals surface area contributed by atoms with Gasteiger partial charge in [0, 0.05) is 25.3 Å². The normalized spacial score (nSPS) is 14.2. The molecule has 2 aromatic rings. The molecule has 0 saturated carbocycles. The average molecular weight is 325 g/mol. The first-order chi connectivity index (χ1) is 10.7. The Hall–Kier alpha value is -2.21. The largest absolute Gasteiger partial charge is 0.496 e. The molecule has 0 amide bonds. The molecule has 0 aliphatic heterocycles. The Morgan fingerprint density at radius 3 is 2.22 bits per heavy atom. The number of halogens is 3. The van der Waals surface area contributed by atoms with Crippen LogP contribution < -0.4 is 9.64 Å². The highest BCUT2D eigenvalue weighted by atomic mass is 19.4. The summed E-state index contributed by atoms with van der Waals surface area (Å²) in [6.45, 7) is 0. The van der Waals surface area contributed by atoms with E-state index in [-0.39, 0.29) is 16.9 Å². The predicted octanol–water partition coefficient (Wildman–Crippen LogP) is 3.56. The van der Waals surface area contributed by atoms with Crippen LogP contribution in [0.15, 0.2) is 48.5 Å². The first kappa shape index (κ1) is 17.1. The van der Waals surface area contributed by atoms with Gasteiger partial charge in [0.15, 0.2) is 0 Å². The molecule has 0 heterocycles. The number of aliphatic hydroxyl groups is 1. The summed E-state index contributed by atoms with van der Waals surface area (Å²) in [7, 11) is 4.70. The van der Waals surface area contributed by atoms with Crippen molar-refractivity contribution < 1.29 is 23.0 Å². The first-order valence-corrected chi connectivity index (χ1v) is 6.92. The van der Waals surface area contributed by atoms with Crippen LogP contribution in [0.2, 0.25) is 0 Å². The van der Waals surface area contributed by atoms with E-state index in [9.17, 15) is 18.3 Å². The summed E-state index contributed by atoms with van der Waals surface area (Å²) in [4.78, 5) is 1.67. The molecule has 23 heavy (non-hydrogen) atoms. The Balaban J connectivity index is 2.73.